The number of rotatable bonds is 5. The number of carbonyl (C=O) groups excluding carboxylic acids is 1. The Hall–Kier alpha value is -3.29. The number of halogens is 2. The highest BCUT2D eigenvalue weighted by molar-refractivity contribution is 5.84. The molecule has 0 spiro atoms. The van der Waals surface area contributed by atoms with Gasteiger partial charge in [-0.2, -0.15) is 0 Å². The number of hydrogen-bond donors (Lipinski definition) is 1. The van der Waals surface area contributed by atoms with Gasteiger partial charge in [-0.1, -0.05) is 0 Å². The molecule has 1 aliphatic heterocycles. The summed E-state index contributed by atoms with van der Waals surface area (Å²) in [5.74, 6) is -1.74. The van der Waals surface area contributed by atoms with Crippen molar-refractivity contribution in [2.24, 2.45) is 11.3 Å². The lowest BCUT2D eigenvalue weighted by atomic mass is 9.71. The van der Waals surface area contributed by atoms with Gasteiger partial charge in [0, 0.05) is 42.9 Å². The van der Waals surface area contributed by atoms with E-state index in [2.05, 4.69) is 4.98 Å². The van der Waals surface area contributed by atoms with E-state index >= 15 is 0 Å². The van der Waals surface area contributed by atoms with Gasteiger partial charge in [0.15, 0.2) is 0 Å². The van der Waals surface area contributed by atoms with Gasteiger partial charge in [0.1, 0.15) is 17.3 Å². The van der Waals surface area contributed by atoms with Crippen molar-refractivity contribution in [3.63, 3.8) is 0 Å². The van der Waals surface area contributed by atoms with Crippen LogP contribution >= 0.6 is 0 Å². The van der Waals surface area contributed by atoms with Gasteiger partial charge < -0.3 is 14.6 Å². The fourth-order valence-electron chi connectivity index (χ4n) is 5.64. The van der Waals surface area contributed by atoms with Gasteiger partial charge in [-0.05, 0) is 80.3 Å². The maximum Gasteiger partial charge on any atom is 0.309 e. The Labute approximate surface area is 202 Å². The molecule has 0 atom stereocenters. The molecule has 1 aliphatic carbocycles. The number of carboxylic acids is 1. The lowest BCUT2D eigenvalue weighted by Gasteiger charge is -2.35. The first-order chi connectivity index (χ1) is 16.7. The van der Waals surface area contributed by atoms with Gasteiger partial charge in [-0.3, -0.25) is 9.59 Å². The Balaban J connectivity index is 1.36. The van der Waals surface area contributed by atoms with Gasteiger partial charge in [-0.15, -0.1) is 0 Å². The van der Waals surface area contributed by atoms with Crippen molar-refractivity contribution >= 4 is 22.9 Å². The SMILES string of the molecule is C[C@]1(C(=O)O)CC[C@@H](CC(=O)N2CCc3c(n(Cc4cc(F)cc(F)c4)c4ncccc34)C2)CC1. The molecule has 2 aliphatic rings. The highest BCUT2D eigenvalue weighted by Crippen LogP contribution is 2.40. The van der Waals surface area contributed by atoms with Crippen LogP contribution in [0.5, 0.6) is 0 Å². The number of hydrogen-bond acceptors (Lipinski definition) is 3. The van der Waals surface area contributed by atoms with E-state index in [-0.39, 0.29) is 18.4 Å². The molecule has 2 aromatic heterocycles. The zero-order valence-corrected chi connectivity index (χ0v) is 19.8. The molecule has 1 N–H and O–H groups in total. The molecule has 3 heterocycles. The third-order valence-electron chi connectivity index (χ3n) is 7.82. The number of pyridine rings is 1. The molecule has 1 aromatic carbocycles. The molecule has 0 unspecified atom stereocenters. The van der Waals surface area contributed by atoms with E-state index in [0.717, 1.165) is 41.2 Å². The fourth-order valence-corrected chi connectivity index (χ4v) is 5.64. The Morgan fingerprint density at radius 1 is 1.17 bits per heavy atom. The number of amides is 1. The van der Waals surface area contributed by atoms with Gasteiger partial charge >= 0.3 is 5.97 Å². The maximum absolute atomic E-state index is 13.8. The van der Waals surface area contributed by atoms with Crippen LogP contribution in [0.2, 0.25) is 0 Å². The van der Waals surface area contributed by atoms with Gasteiger partial charge in [0.05, 0.1) is 12.0 Å². The third kappa shape index (κ3) is 4.54. The van der Waals surface area contributed by atoms with Crippen molar-refractivity contribution in [2.75, 3.05) is 6.54 Å². The highest BCUT2D eigenvalue weighted by atomic mass is 19.1. The van der Waals surface area contributed by atoms with Crippen molar-refractivity contribution in [1.82, 2.24) is 14.5 Å². The molecule has 8 heteroatoms. The molecule has 1 fully saturated rings. The van der Waals surface area contributed by atoms with Crippen LogP contribution in [-0.4, -0.2) is 38.0 Å². The number of aromatic nitrogens is 2. The van der Waals surface area contributed by atoms with Crippen molar-refractivity contribution in [1.29, 1.82) is 0 Å². The van der Waals surface area contributed by atoms with Crippen LogP contribution in [0.3, 0.4) is 0 Å². The number of carboxylic acid groups (broad SMARTS) is 1. The van der Waals surface area contributed by atoms with E-state index in [9.17, 15) is 23.5 Å². The molecule has 5 rings (SSSR count). The predicted molar refractivity (Wildman–Crippen MR) is 127 cm³/mol. The maximum atomic E-state index is 13.8. The van der Waals surface area contributed by atoms with Crippen molar-refractivity contribution in [3.8, 4) is 0 Å². The second-order valence-electron chi connectivity index (χ2n) is 10.2. The Kier molecular flexibility index (Phi) is 6.07. The second kappa shape index (κ2) is 9.06. The van der Waals surface area contributed by atoms with E-state index in [4.69, 9.17) is 0 Å². The monoisotopic (exact) mass is 481 g/mol. The quantitative estimate of drug-likeness (QED) is 0.561. The number of nitrogens with zero attached hydrogens (tertiary/aromatic N) is 3. The van der Waals surface area contributed by atoms with Crippen LogP contribution in [0.15, 0.2) is 36.5 Å². The van der Waals surface area contributed by atoms with Crippen LogP contribution in [-0.2, 0) is 29.1 Å². The zero-order valence-electron chi connectivity index (χ0n) is 19.8. The first-order valence-electron chi connectivity index (χ1n) is 12.1. The van der Waals surface area contributed by atoms with Crippen molar-refractivity contribution in [2.45, 2.75) is 58.5 Å². The van der Waals surface area contributed by atoms with Crippen LogP contribution < -0.4 is 0 Å². The molecule has 184 valence electrons. The molecular formula is C27H29F2N3O3. The molecule has 0 saturated heterocycles. The average molecular weight is 482 g/mol. The van der Waals surface area contributed by atoms with E-state index < -0.39 is 23.0 Å². The summed E-state index contributed by atoms with van der Waals surface area (Å²) in [5.41, 5.74) is 2.63. The Bertz CT molecular complexity index is 1270. The highest BCUT2D eigenvalue weighted by Gasteiger charge is 2.38. The zero-order chi connectivity index (χ0) is 24.7. The lowest BCUT2D eigenvalue weighted by molar-refractivity contribution is -0.150. The van der Waals surface area contributed by atoms with Gasteiger partial charge in [0.2, 0.25) is 5.91 Å². The molecule has 1 amide bonds. The summed E-state index contributed by atoms with van der Waals surface area (Å²) in [6.45, 7) is 3.07. The van der Waals surface area contributed by atoms with Crippen LogP contribution in [0, 0.1) is 23.0 Å². The minimum absolute atomic E-state index is 0.0705. The van der Waals surface area contributed by atoms with Crippen LogP contribution in [0.4, 0.5) is 8.78 Å². The standard InChI is InChI=1S/C27H29F2N3O3/c1-27(26(34)35)7-4-17(5-8-27)13-24(33)31-10-6-21-22-3-2-9-30-25(22)32(23(21)16-31)15-18-11-19(28)14-20(29)12-18/h2-3,9,11-12,14,17H,4-8,10,13,15-16H2,1H3,(H,34,35)/t17-,27+. The second-order valence-corrected chi connectivity index (χ2v) is 10.2. The fraction of sp³-hybridized carbons (Fsp3) is 0.444. The summed E-state index contributed by atoms with van der Waals surface area (Å²) in [6.07, 6.45) is 5.47. The molecule has 3 aromatic rings. The molecular weight excluding hydrogens is 452 g/mol. The largest absolute Gasteiger partial charge is 0.481 e. The summed E-state index contributed by atoms with van der Waals surface area (Å²) in [7, 11) is 0. The first kappa shape index (κ1) is 23.5. The number of fused-ring (bicyclic) bond motifs is 3. The number of carbonyl (C=O) groups is 2. The predicted octanol–water partition coefficient (Wildman–Crippen LogP) is 4.92. The summed E-state index contributed by atoms with van der Waals surface area (Å²) in [6, 6.07) is 7.38. The smallest absolute Gasteiger partial charge is 0.309 e. The molecule has 35 heavy (non-hydrogen) atoms. The van der Waals surface area contributed by atoms with Crippen molar-refractivity contribution in [3.05, 3.63) is 65.0 Å². The third-order valence-corrected chi connectivity index (χ3v) is 7.82. The van der Waals surface area contributed by atoms with E-state index in [1.54, 1.807) is 13.1 Å². The average Bonchev–Trinajstić information content (AvgIpc) is 3.13. The van der Waals surface area contributed by atoms with E-state index in [0.29, 0.717) is 44.3 Å². The number of benzene rings is 1. The van der Waals surface area contributed by atoms with Gasteiger partial charge in [0.25, 0.3) is 0 Å². The minimum atomic E-state index is -0.759. The minimum Gasteiger partial charge on any atom is -0.481 e. The molecule has 1 saturated carbocycles. The van der Waals surface area contributed by atoms with E-state index in [1.165, 1.54) is 12.1 Å². The lowest BCUT2D eigenvalue weighted by Crippen LogP contribution is -2.39. The number of aliphatic carboxylic acids is 1. The van der Waals surface area contributed by atoms with Crippen molar-refractivity contribution < 1.29 is 23.5 Å². The normalized spacial score (nSPS) is 22.3. The van der Waals surface area contributed by atoms with Gasteiger partial charge in [-0.25, -0.2) is 13.8 Å². The van der Waals surface area contributed by atoms with Crippen LogP contribution in [0.1, 0.15) is 55.8 Å². The summed E-state index contributed by atoms with van der Waals surface area (Å²) < 4.78 is 29.7. The molecule has 0 radical (unpaired) electrons. The molecule has 0 bridgehead atoms. The summed E-state index contributed by atoms with van der Waals surface area (Å²) in [4.78, 5) is 31.1. The Morgan fingerprint density at radius 2 is 1.89 bits per heavy atom. The Morgan fingerprint density at radius 3 is 2.57 bits per heavy atom. The summed E-state index contributed by atoms with van der Waals surface area (Å²) >= 11 is 0. The van der Waals surface area contributed by atoms with E-state index in [1.807, 2.05) is 21.6 Å². The molecule has 6 nitrogen and oxygen atoms in total. The summed E-state index contributed by atoms with van der Waals surface area (Å²) in [5, 5.41) is 10.5. The van der Waals surface area contributed by atoms with Crippen LogP contribution in [0.25, 0.3) is 11.0 Å². The topological polar surface area (TPSA) is 75.4 Å². The first-order valence-corrected chi connectivity index (χ1v) is 12.1.